The Morgan fingerprint density at radius 1 is 1.40 bits per heavy atom. The number of likely N-dealkylation sites (tertiary alicyclic amines) is 1. The van der Waals surface area contributed by atoms with Crippen LogP contribution in [0.25, 0.3) is 0 Å². The Balaban J connectivity index is 1.58. The highest BCUT2D eigenvalue weighted by atomic mass is 32.2. The average Bonchev–Trinajstić information content (AvgIpc) is 2.83. The molecule has 25 heavy (non-hydrogen) atoms. The van der Waals surface area contributed by atoms with Gasteiger partial charge in [0.25, 0.3) is 0 Å². The third kappa shape index (κ3) is 3.58. The maximum atomic E-state index is 12.6. The highest BCUT2D eigenvalue weighted by Gasteiger charge is 2.62. The number of hydrogen-bond donors (Lipinski definition) is 0. The van der Waals surface area contributed by atoms with Crippen LogP contribution < -0.4 is 0 Å². The van der Waals surface area contributed by atoms with Crippen molar-refractivity contribution in [2.75, 3.05) is 25.4 Å². The highest BCUT2D eigenvalue weighted by Crippen LogP contribution is 2.45. The molecular weight excluding hydrogens is 340 g/mol. The molecule has 1 amide bonds. The molecule has 1 aromatic heterocycles. The van der Waals surface area contributed by atoms with Crippen molar-refractivity contribution in [3.63, 3.8) is 0 Å². The number of nitrogens with zero attached hydrogens (tertiary/aromatic N) is 2. The minimum absolute atomic E-state index is 0.0450. The van der Waals surface area contributed by atoms with Gasteiger partial charge in [0.15, 0.2) is 9.84 Å². The Kier molecular flexibility index (Phi) is 5.43. The highest BCUT2D eigenvalue weighted by molar-refractivity contribution is 7.93. The molecule has 0 saturated carbocycles. The number of pyridine rings is 1. The Morgan fingerprint density at radius 2 is 2.20 bits per heavy atom. The van der Waals surface area contributed by atoms with E-state index in [2.05, 4.69) is 4.98 Å². The van der Waals surface area contributed by atoms with Gasteiger partial charge in [-0.1, -0.05) is 19.4 Å². The third-order valence-electron chi connectivity index (χ3n) is 5.41. The standard InChI is InChI=1S/C18H26N2O4S/c1-2-3-7-17(21)20-13-18(14-20)15(8-10-25(18,22)23)11-24-12-16-6-4-5-9-19-16/h4-6,9,15H,2-3,7-8,10-14H2,1H3. The van der Waals surface area contributed by atoms with Crippen LogP contribution in [0.15, 0.2) is 24.4 Å². The fourth-order valence-corrected chi connectivity index (χ4v) is 6.16. The summed E-state index contributed by atoms with van der Waals surface area (Å²) in [6.45, 7) is 3.48. The molecule has 7 heteroatoms. The molecule has 0 N–H and O–H groups in total. The molecule has 2 aliphatic heterocycles. The molecule has 1 unspecified atom stereocenters. The number of sulfone groups is 1. The summed E-state index contributed by atoms with van der Waals surface area (Å²) >= 11 is 0. The fourth-order valence-electron chi connectivity index (χ4n) is 3.76. The number of aromatic nitrogens is 1. The van der Waals surface area contributed by atoms with E-state index < -0.39 is 14.6 Å². The number of hydrogen-bond acceptors (Lipinski definition) is 5. The van der Waals surface area contributed by atoms with Crippen LogP contribution in [0.3, 0.4) is 0 Å². The summed E-state index contributed by atoms with van der Waals surface area (Å²) in [5.74, 6) is 0.223. The molecule has 1 atom stereocenters. The van der Waals surface area contributed by atoms with Gasteiger partial charge in [0.1, 0.15) is 4.75 Å². The van der Waals surface area contributed by atoms with Crippen molar-refractivity contribution in [1.82, 2.24) is 9.88 Å². The average molecular weight is 366 g/mol. The van der Waals surface area contributed by atoms with Crippen LogP contribution in [-0.2, 0) is 26.0 Å². The fraction of sp³-hybridized carbons (Fsp3) is 0.667. The third-order valence-corrected chi connectivity index (χ3v) is 8.01. The van der Waals surface area contributed by atoms with Crippen molar-refractivity contribution in [3.05, 3.63) is 30.1 Å². The molecule has 3 rings (SSSR count). The summed E-state index contributed by atoms with van der Waals surface area (Å²) in [7, 11) is -3.17. The molecule has 2 aliphatic rings. The SMILES string of the molecule is CCCCC(=O)N1CC2(C1)C(COCc1ccccn1)CCS2(=O)=O. The Morgan fingerprint density at radius 3 is 2.88 bits per heavy atom. The van der Waals surface area contributed by atoms with Crippen LogP contribution >= 0.6 is 0 Å². The monoisotopic (exact) mass is 366 g/mol. The zero-order valence-electron chi connectivity index (χ0n) is 14.7. The lowest BCUT2D eigenvalue weighted by Crippen LogP contribution is -2.68. The largest absolute Gasteiger partial charge is 0.375 e. The zero-order valence-corrected chi connectivity index (χ0v) is 15.5. The van der Waals surface area contributed by atoms with Crippen molar-refractivity contribution in [3.8, 4) is 0 Å². The predicted molar refractivity (Wildman–Crippen MR) is 94.6 cm³/mol. The topological polar surface area (TPSA) is 76.6 Å². The van der Waals surface area contributed by atoms with Gasteiger partial charge in [-0.25, -0.2) is 8.42 Å². The second kappa shape index (κ2) is 7.41. The summed E-state index contributed by atoms with van der Waals surface area (Å²) < 4.78 is 30.1. The van der Waals surface area contributed by atoms with Gasteiger partial charge >= 0.3 is 0 Å². The van der Waals surface area contributed by atoms with Gasteiger partial charge in [-0.05, 0) is 25.0 Å². The van der Waals surface area contributed by atoms with Crippen molar-refractivity contribution in [2.45, 2.75) is 44.0 Å². The van der Waals surface area contributed by atoms with E-state index in [-0.39, 0.29) is 17.6 Å². The van der Waals surface area contributed by atoms with E-state index in [0.29, 0.717) is 39.1 Å². The van der Waals surface area contributed by atoms with Crippen molar-refractivity contribution in [2.24, 2.45) is 5.92 Å². The zero-order chi connectivity index (χ0) is 17.9. The van der Waals surface area contributed by atoms with Gasteiger partial charge < -0.3 is 9.64 Å². The molecule has 0 bridgehead atoms. The minimum atomic E-state index is -3.17. The normalized spacial score (nSPS) is 23.6. The van der Waals surface area contributed by atoms with Crippen LogP contribution in [0.5, 0.6) is 0 Å². The lowest BCUT2D eigenvalue weighted by atomic mass is 9.83. The summed E-state index contributed by atoms with van der Waals surface area (Å²) in [6, 6.07) is 5.64. The van der Waals surface area contributed by atoms with Gasteiger partial charge in [-0.2, -0.15) is 0 Å². The van der Waals surface area contributed by atoms with E-state index in [4.69, 9.17) is 4.74 Å². The number of carbonyl (C=O) groups excluding carboxylic acids is 1. The van der Waals surface area contributed by atoms with E-state index in [9.17, 15) is 13.2 Å². The molecule has 0 aliphatic carbocycles. The van der Waals surface area contributed by atoms with Crippen molar-refractivity contribution in [1.29, 1.82) is 0 Å². The quantitative estimate of drug-likeness (QED) is 0.735. The van der Waals surface area contributed by atoms with E-state index in [1.807, 2.05) is 25.1 Å². The number of carbonyl (C=O) groups is 1. The second-order valence-electron chi connectivity index (χ2n) is 7.06. The van der Waals surface area contributed by atoms with E-state index in [0.717, 1.165) is 18.5 Å². The smallest absolute Gasteiger partial charge is 0.222 e. The first kappa shape index (κ1) is 18.3. The van der Waals surface area contributed by atoms with Crippen LogP contribution in [0.1, 0.15) is 38.3 Å². The molecule has 3 heterocycles. The molecule has 2 saturated heterocycles. The van der Waals surface area contributed by atoms with Crippen LogP contribution in [0.4, 0.5) is 0 Å². The van der Waals surface area contributed by atoms with E-state index >= 15 is 0 Å². The first-order valence-electron chi connectivity index (χ1n) is 8.96. The van der Waals surface area contributed by atoms with Crippen LogP contribution in [0.2, 0.25) is 0 Å². The number of amides is 1. The number of ether oxygens (including phenoxy) is 1. The van der Waals surface area contributed by atoms with Gasteiger partial charge in [-0.15, -0.1) is 0 Å². The summed E-state index contributed by atoms with van der Waals surface area (Å²) in [5, 5.41) is 0. The van der Waals surface area contributed by atoms with Gasteiger partial charge in [0, 0.05) is 31.6 Å². The van der Waals surface area contributed by atoms with Gasteiger partial charge in [-0.3, -0.25) is 9.78 Å². The molecule has 0 aromatic carbocycles. The number of unbranched alkanes of at least 4 members (excludes halogenated alkanes) is 1. The van der Waals surface area contributed by atoms with Crippen molar-refractivity contribution < 1.29 is 17.9 Å². The summed E-state index contributed by atoms with van der Waals surface area (Å²) in [6.07, 6.45) is 4.65. The first-order chi connectivity index (χ1) is 12.0. The van der Waals surface area contributed by atoms with E-state index in [1.165, 1.54) is 0 Å². The Labute approximate surface area is 149 Å². The molecule has 6 nitrogen and oxygen atoms in total. The Hall–Kier alpha value is -1.47. The Bertz CT molecular complexity index is 699. The predicted octanol–water partition coefficient (Wildman–Crippen LogP) is 1.80. The lowest BCUT2D eigenvalue weighted by molar-refractivity contribution is -0.138. The van der Waals surface area contributed by atoms with Gasteiger partial charge in [0.05, 0.1) is 24.7 Å². The first-order valence-corrected chi connectivity index (χ1v) is 10.6. The maximum Gasteiger partial charge on any atom is 0.222 e. The van der Waals surface area contributed by atoms with Crippen LogP contribution in [0, 0.1) is 5.92 Å². The van der Waals surface area contributed by atoms with Crippen LogP contribution in [-0.4, -0.2) is 54.4 Å². The molecule has 1 aromatic rings. The molecule has 138 valence electrons. The van der Waals surface area contributed by atoms with E-state index in [1.54, 1.807) is 11.1 Å². The molecular formula is C18H26N2O4S. The maximum absolute atomic E-state index is 12.6. The molecule has 1 spiro atoms. The number of rotatable bonds is 7. The lowest BCUT2D eigenvalue weighted by Gasteiger charge is -2.50. The molecule has 0 radical (unpaired) electrons. The summed E-state index contributed by atoms with van der Waals surface area (Å²) in [4.78, 5) is 18.0. The van der Waals surface area contributed by atoms with Crippen molar-refractivity contribution >= 4 is 15.7 Å². The second-order valence-corrected chi connectivity index (χ2v) is 9.51. The van der Waals surface area contributed by atoms with Gasteiger partial charge in [0.2, 0.25) is 5.91 Å². The summed E-state index contributed by atoms with van der Waals surface area (Å²) in [5.41, 5.74) is 0.836. The molecule has 2 fully saturated rings. The minimum Gasteiger partial charge on any atom is -0.375 e.